The van der Waals surface area contributed by atoms with Crippen LogP contribution in [0.2, 0.25) is 0 Å². The second-order valence-electron chi connectivity index (χ2n) is 4.90. The summed E-state index contributed by atoms with van der Waals surface area (Å²) >= 11 is 0. The van der Waals surface area contributed by atoms with Gasteiger partial charge in [0, 0.05) is 0 Å². The zero-order valence-electron chi connectivity index (χ0n) is 12.8. The summed E-state index contributed by atoms with van der Waals surface area (Å²) in [5.41, 5.74) is 2.38. The molecule has 0 saturated carbocycles. The average Bonchev–Trinajstić information content (AvgIpc) is 2.88. The third kappa shape index (κ3) is 3.06. The summed E-state index contributed by atoms with van der Waals surface area (Å²) in [6.07, 6.45) is 0. The van der Waals surface area contributed by atoms with Crippen molar-refractivity contribution in [3.05, 3.63) is 60.3 Å². The first-order valence-electron chi connectivity index (χ1n) is 7.09. The molecule has 1 aromatic heterocycles. The van der Waals surface area contributed by atoms with Crippen molar-refractivity contribution in [1.82, 2.24) is 9.78 Å². The normalized spacial score (nSPS) is 11.0. The number of para-hydroxylation sites is 1. The molecule has 0 saturated heterocycles. The van der Waals surface area contributed by atoms with Gasteiger partial charge in [-0.1, -0.05) is 18.2 Å². The Kier molecular flexibility index (Phi) is 4.05. The number of aromatic hydroxyl groups is 1. The Morgan fingerprint density at radius 1 is 1.00 bits per heavy atom. The van der Waals surface area contributed by atoms with Crippen LogP contribution < -0.4 is 4.74 Å². The Labute approximate surface area is 133 Å². The van der Waals surface area contributed by atoms with E-state index < -0.39 is 0 Å². The standard InChI is InChI=1S/C17H16N4O2/c1-12-16(19-18-13-8-10-15(23-2)11-9-13)17(22)21(20-12)14-6-4-3-5-7-14/h3-11,22H,1-2H3. The molecule has 6 nitrogen and oxygen atoms in total. The Morgan fingerprint density at radius 3 is 2.35 bits per heavy atom. The SMILES string of the molecule is COc1ccc(N=Nc2c(C)nn(-c3ccccc3)c2O)cc1. The number of azo groups is 1. The fourth-order valence-corrected chi connectivity index (χ4v) is 2.13. The van der Waals surface area contributed by atoms with Gasteiger partial charge in [0.1, 0.15) is 5.75 Å². The molecule has 3 aromatic rings. The van der Waals surface area contributed by atoms with E-state index in [0.717, 1.165) is 11.4 Å². The molecular formula is C17H16N4O2. The number of hydrogen-bond acceptors (Lipinski definition) is 5. The molecule has 0 radical (unpaired) electrons. The van der Waals surface area contributed by atoms with Crippen molar-refractivity contribution >= 4 is 11.4 Å². The summed E-state index contributed by atoms with van der Waals surface area (Å²) in [7, 11) is 1.61. The van der Waals surface area contributed by atoms with E-state index >= 15 is 0 Å². The number of nitrogens with zero attached hydrogens (tertiary/aromatic N) is 4. The van der Waals surface area contributed by atoms with Crippen LogP contribution in [0.15, 0.2) is 64.8 Å². The van der Waals surface area contributed by atoms with Crippen molar-refractivity contribution in [1.29, 1.82) is 0 Å². The van der Waals surface area contributed by atoms with Crippen LogP contribution in [0, 0.1) is 6.92 Å². The van der Waals surface area contributed by atoms with Gasteiger partial charge in [-0.2, -0.15) is 14.9 Å². The molecule has 6 heteroatoms. The van der Waals surface area contributed by atoms with Crippen molar-refractivity contribution in [3.63, 3.8) is 0 Å². The highest BCUT2D eigenvalue weighted by Crippen LogP contribution is 2.33. The molecule has 0 aliphatic heterocycles. The van der Waals surface area contributed by atoms with Crippen LogP contribution in [-0.4, -0.2) is 22.0 Å². The zero-order chi connectivity index (χ0) is 16.2. The molecule has 0 amide bonds. The van der Waals surface area contributed by atoms with E-state index in [4.69, 9.17) is 4.74 Å². The van der Waals surface area contributed by atoms with Gasteiger partial charge in [-0.15, -0.1) is 5.11 Å². The van der Waals surface area contributed by atoms with Gasteiger partial charge < -0.3 is 9.84 Å². The van der Waals surface area contributed by atoms with E-state index in [1.165, 1.54) is 4.68 Å². The Morgan fingerprint density at radius 2 is 1.70 bits per heavy atom. The summed E-state index contributed by atoms with van der Waals surface area (Å²) in [5.74, 6) is 0.714. The summed E-state index contributed by atoms with van der Waals surface area (Å²) in [6.45, 7) is 1.78. The van der Waals surface area contributed by atoms with Gasteiger partial charge >= 0.3 is 0 Å². The Balaban J connectivity index is 1.91. The maximum atomic E-state index is 10.3. The molecule has 0 aliphatic carbocycles. The van der Waals surface area contributed by atoms with Crippen LogP contribution in [0.4, 0.5) is 11.4 Å². The molecule has 0 aliphatic rings. The maximum Gasteiger partial charge on any atom is 0.243 e. The number of hydrogen-bond donors (Lipinski definition) is 1. The first-order chi connectivity index (χ1) is 11.2. The molecule has 0 fully saturated rings. The van der Waals surface area contributed by atoms with E-state index in [0.29, 0.717) is 17.1 Å². The number of rotatable bonds is 4. The van der Waals surface area contributed by atoms with Crippen LogP contribution in [0.5, 0.6) is 11.6 Å². The summed E-state index contributed by atoms with van der Waals surface area (Å²) in [4.78, 5) is 0. The van der Waals surface area contributed by atoms with Crippen LogP contribution >= 0.6 is 0 Å². The summed E-state index contributed by atoms with van der Waals surface area (Å²) in [5, 5.41) is 22.9. The highest BCUT2D eigenvalue weighted by Gasteiger charge is 2.15. The van der Waals surface area contributed by atoms with E-state index in [1.807, 2.05) is 30.3 Å². The lowest BCUT2D eigenvalue weighted by Crippen LogP contribution is -1.94. The van der Waals surface area contributed by atoms with E-state index in [-0.39, 0.29) is 5.88 Å². The van der Waals surface area contributed by atoms with E-state index in [2.05, 4.69) is 15.3 Å². The molecule has 1 N–H and O–H groups in total. The maximum absolute atomic E-state index is 10.3. The number of methoxy groups -OCH3 is 1. The molecule has 1 heterocycles. The van der Waals surface area contributed by atoms with Crippen molar-refractivity contribution in [2.24, 2.45) is 10.2 Å². The quantitative estimate of drug-likeness (QED) is 0.730. The lowest BCUT2D eigenvalue weighted by atomic mass is 10.3. The average molecular weight is 308 g/mol. The van der Waals surface area contributed by atoms with Gasteiger partial charge in [0.25, 0.3) is 0 Å². The minimum absolute atomic E-state index is 0.0361. The van der Waals surface area contributed by atoms with Gasteiger partial charge in [0.15, 0.2) is 5.69 Å². The molecule has 0 bridgehead atoms. The van der Waals surface area contributed by atoms with Crippen LogP contribution in [0.1, 0.15) is 5.69 Å². The summed E-state index contributed by atoms with van der Waals surface area (Å²) in [6, 6.07) is 16.6. The van der Waals surface area contributed by atoms with Gasteiger partial charge in [-0.05, 0) is 43.3 Å². The Bertz CT molecular complexity index is 824. The molecule has 0 unspecified atom stereocenters. The molecule has 0 atom stereocenters. The van der Waals surface area contributed by atoms with Gasteiger partial charge in [-0.3, -0.25) is 0 Å². The lowest BCUT2D eigenvalue weighted by molar-refractivity contribution is 0.415. The fourth-order valence-electron chi connectivity index (χ4n) is 2.13. The topological polar surface area (TPSA) is 72.0 Å². The first kappa shape index (κ1) is 14.8. The second kappa shape index (κ2) is 6.31. The zero-order valence-corrected chi connectivity index (χ0v) is 12.8. The van der Waals surface area contributed by atoms with Crippen molar-refractivity contribution in [3.8, 4) is 17.3 Å². The highest BCUT2D eigenvalue weighted by atomic mass is 16.5. The number of aromatic nitrogens is 2. The molecule has 0 spiro atoms. The fraction of sp³-hybridized carbons (Fsp3) is 0.118. The molecule has 23 heavy (non-hydrogen) atoms. The van der Waals surface area contributed by atoms with Crippen molar-refractivity contribution in [2.75, 3.05) is 7.11 Å². The van der Waals surface area contributed by atoms with Crippen LogP contribution in [0.25, 0.3) is 5.69 Å². The summed E-state index contributed by atoms with van der Waals surface area (Å²) < 4.78 is 6.54. The number of benzene rings is 2. The monoisotopic (exact) mass is 308 g/mol. The molecular weight excluding hydrogens is 292 g/mol. The van der Waals surface area contributed by atoms with Crippen LogP contribution in [-0.2, 0) is 0 Å². The largest absolute Gasteiger partial charge is 0.497 e. The molecule has 116 valence electrons. The van der Waals surface area contributed by atoms with Crippen LogP contribution in [0.3, 0.4) is 0 Å². The predicted octanol–water partition coefficient (Wildman–Crippen LogP) is 4.31. The molecule has 2 aromatic carbocycles. The minimum Gasteiger partial charge on any atom is -0.497 e. The number of aryl methyl sites for hydroxylation is 1. The Hall–Kier alpha value is -3.15. The minimum atomic E-state index is -0.0361. The number of ether oxygens (including phenoxy) is 1. The van der Waals surface area contributed by atoms with Gasteiger partial charge in [0.2, 0.25) is 5.88 Å². The predicted molar refractivity (Wildman–Crippen MR) is 87.1 cm³/mol. The van der Waals surface area contributed by atoms with Crippen molar-refractivity contribution in [2.45, 2.75) is 6.92 Å². The lowest BCUT2D eigenvalue weighted by Gasteiger charge is -2.01. The second-order valence-corrected chi connectivity index (χ2v) is 4.90. The van der Waals surface area contributed by atoms with E-state index in [9.17, 15) is 5.11 Å². The van der Waals surface area contributed by atoms with Gasteiger partial charge in [0.05, 0.1) is 24.2 Å². The third-order valence-corrected chi connectivity index (χ3v) is 3.34. The van der Waals surface area contributed by atoms with Crippen molar-refractivity contribution < 1.29 is 9.84 Å². The van der Waals surface area contributed by atoms with E-state index in [1.54, 1.807) is 38.3 Å². The molecule has 3 rings (SSSR count). The highest BCUT2D eigenvalue weighted by molar-refractivity contribution is 5.54. The van der Waals surface area contributed by atoms with Gasteiger partial charge in [-0.25, -0.2) is 0 Å². The first-order valence-corrected chi connectivity index (χ1v) is 7.09. The smallest absolute Gasteiger partial charge is 0.243 e. The third-order valence-electron chi connectivity index (χ3n) is 3.34.